The molecule has 9 heteroatoms. The molecule has 0 spiro atoms. The molecule has 0 bridgehead atoms. The Morgan fingerprint density at radius 2 is 1.87 bits per heavy atom. The average Bonchev–Trinajstić information content (AvgIpc) is 3.14. The fraction of sp³-hybridized carbons (Fsp3) is 0.364. The van der Waals surface area contributed by atoms with Gasteiger partial charge in [0.1, 0.15) is 11.5 Å². The molecule has 2 amide bonds. The lowest BCUT2D eigenvalue weighted by molar-refractivity contribution is -0.121. The number of fused-ring (bicyclic) bond motifs is 1. The van der Waals surface area contributed by atoms with E-state index in [9.17, 15) is 9.59 Å². The third kappa shape index (κ3) is 4.70. The van der Waals surface area contributed by atoms with Gasteiger partial charge in [-0.15, -0.1) is 0 Å². The first-order valence-corrected chi connectivity index (χ1v) is 10.6. The monoisotopic (exact) mass is 441 g/mol. The second-order valence-corrected chi connectivity index (χ2v) is 8.37. The highest BCUT2D eigenvalue weighted by Crippen LogP contribution is 2.33. The van der Waals surface area contributed by atoms with Crippen molar-refractivity contribution in [3.63, 3.8) is 0 Å². The number of anilines is 2. The predicted molar refractivity (Wildman–Crippen MR) is 119 cm³/mol. The quantitative estimate of drug-likeness (QED) is 0.615. The molecule has 162 valence electrons. The molecule has 0 atom stereocenters. The van der Waals surface area contributed by atoms with Crippen molar-refractivity contribution in [2.45, 2.75) is 31.7 Å². The van der Waals surface area contributed by atoms with Crippen LogP contribution in [0.3, 0.4) is 0 Å². The number of amides is 2. The number of aromatic nitrogens is 2. The van der Waals surface area contributed by atoms with E-state index in [4.69, 9.17) is 16.0 Å². The first kappa shape index (κ1) is 21.3. The molecule has 1 saturated carbocycles. The van der Waals surface area contributed by atoms with Crippen LogP contribution >= 0.6 is 11.6 Å². The molecule has 0 saturated heterocycles. The summed E-state index contributed by atoms with van der Waals surface area (Å²) < 4.78 is 5.70. The minimum atomic E-state index is -0.528. The first-order chi connectivity index (χ1) is 14.9. The standard InChI is InChI=1S/C22H24ClN5O3/c1-28(2)15-8-5-13(6-9-15)20(29)27-18-16-4-3-11-24-22(16)31-19(18)21(30)26-17-10-7-14(23)12-25-17/h3-4,7,10-13,15H,5-6,8-9H2,1-2H3,(H,27,29)(H,25,26,30). The minimum absolute atomic E-state index is 0.0132. The van der Waals surface area contributed by atoms with Gasteiger partial charge in [0, 0.05) is 24.4 Å². The van der Waals surface area contributed by atoms with Crippen molar-refractivity contribution in [3.05, 3.63) is 47.4 Å². The van der Waals surface area contributed by atoms with E-state index in [0.29, 0.717) is 28.0 Å². The van der Waals surface area contributed by atoms with Gasteiger partial charge in [-0.3, -0.25) is 9.59 Å². The molecule has 4 rings (SSSR count). The number of hydrogen-bond donors (Lipinski definition) is 2. The average molecular weight is 442 g/mol. The van der Waals surface area contributed by atoms with Crippen molar-refractivity contribution >= 4 is 46.0 Å². The van der Waals surface area contributed by atoms with Crippen LogP contribution in [0.5, 0.6) is 0 Å². The number of rotatable bonds is 5. The van der Waals surface area contributed by atoms with Crippen LogP contribution in [0.15, 0.2) is 41.1 Å². The summed E-state index contributed by atoms with van der Waals surface area (Å²) in [5.74, 6) is -0.434. The maximum absolute atomic E-state index is 13.0. The lowest BCUT2D eigenvalue weighted by Gasteiger charge is -2.31. The van der Waals surface area contributed by atoms with Crippen LogP contribution in [0.4, 0.5) is 11.5 Å². The van der Waals surface area contributed by atoms with E-state index in [1.54, 1.807) is 30.5 Å². The smallest absolute Gasteiger partial charge is 0.294 e. The van der Waals surface area contributed by atoms with Crippen molar-refractivity contribution in [1.82, 2.24) is 14.9 Å². The van der Waals surface area contributed by atoms with E-state index >= 15 is 0 Å². The second kappa shape index (κ2) is 9.03. The Bertz CT molecular complexity index is 1090. The zero-order valence-corrected chi connectivity index (χ0v) is 18.1. The molecule has 0 aromatic carbocycles. The van der Waals surface area contributed by atoms with Gasteiger partial charge in [-0.05, 0) is 64.0 Å². The third-order valence-corrected chi connectivity index (χ3v) is 5.91. The molecule has 8 nitrogen and oxygen atoms in total. The number of pyridine rings is 2. The lowest BCUT2D eigenvalue weighted by Crippen LogP contribution is -2.35. The Labute approximate surface area is 185 Å². The number of furan rings is 1. The van der Waals surface area contributed by atoms with Crippen LogP contribution in [-0.4, -0.2) is 46.8 Å². The van der Waals surface area contributed by atoms with E-state index < -0.39 is 5.91 Å². The summed E-state index contributed by atoms with van der Waals surface area (Å²) in [5, 5.41) is 6.64. The molecule has 0 unspecified atom stereocenters. The van der Waals surface area contributed by atoms with Gasteiger partial charge >= 0.3 is 0 Å². The van der Waals surface area contributed by atoms with Gasteiger partial charge in [-0.25, -0.2) is 9.97 Å². The van der Waals surface area contributed by atoms with Crippen molar-refractivity contribution in [2.75, 3.05) is 24.7 Å². The highest BCUT2D eigenvalue weighted by molar-refractivity contribution is 6.30. The zero-order chi connectivity index (χ0) is 22.0. The van der Waals surface area contributed by atoms with E-state index in [1.807, 2.05) is 0 Å². The fourth-order valence-electron chi connectivity index (χ4n) is 3.92. The number of nitrogens with zero attached hydrogens (tertiary/aromatic N) is 3. The summed E-state index contributed by atoms with van der Waals surface area (Å²) >= 11 is 5.85. The Kier molecular flexibility index (Phi) is 6.20. The predicted octanol–water partition coefficient (Wildman–Crippen LogP) is 4.19. The molecule has 1 aliphatic carbocycles. The second-order valence-electron chi connectivity index (χ2n) is 7.94. The number of carbonyl (C=O) groups excluding carboxylic acids is 2. The topological polar surface area (TPSA) is 100 Å². The van der Waals surface area contributed by atoms with Crippen LogP contribution in [0.2, 0.25) is 5.02 Å². The van der Waals surface area contributed by atoms with Gasteiger partial charge in [-0.2, -0.15) is 0 Å². The molecule has 3 heterocycles. The molecular formula is C22H24ClN5O3. The highest BCUT2D eigenvalue weighted by atomic mass is 35.5. The van der Waals surface area contributed by atoms with Gasteiger partial charge in [0.05, 0.1) is 10.4 Å². The Balaban J connectivity index is 1.56. The normalized spacial score (nSPS) is 18.8. The number of halogens is 1. The molecular weight excluding hydrogens is 418 g/mol. The summed E-state index contributed by atoms with van der Waals surface area (Å²) in [6.45, 7) is 0. The van der Waals surface area contributed by atoms with E-state index in [1.165, 1.54) is 6.20 Å². The molecule has 2 N–H and O–H groups in total. The van der Waals surface area contributed by atoms with Crippen LogP contribution in [0, 0.1) is 5.92 Å². The van der Waals surface area contributed by atoms with Crippen molar-refractivity contribution < 1.29 is 14.0 Å². The van der Waals surface area contributed by atoms with Gasteiger partial charge in [0.15, 0.2) is 0 Å². The number of nitrogens with one attached hydrogen (secondary N) is 2. The summed E-state index contributed by atoms with van der Waals surface area (Å²) in [6, 6.07) is 7.20. The Morgan fingerprint density at radius 3 is 2.55 bits per heavy atom. The minimum Gasteiger partial charge on any atom is -0.430 e. The molecule has 0 radical (unpaired) electrons. The molecule has 31 heavy (non-hydrogen) atoms. The first-order valence-electron chi connectivity index (χ1n) is 10.2. The van der Waals surface area contributed by atoms with Crippen LogP contribution < -0.4 is 10.6 Å². The molecule has 3 aromatic rings. The molecule has 0 aliphatic heterocycles. The lowest BCUT2D eigenvalue weighted by atomic mass is 9.85. The van der Waals surface area contributed by atoms with Crippen LogP contribution in [-0.2, 0) is 4.79 Å². The zero-order valence-electron chi connectivity index (χ0n) is 17.4. The van der Waals surface area contributed by atoms with Gasteiger partial charge in [0.25, 0.3) is 5.91 Å². The summed E-state index contributed by atoms with van der Waals surface area (Å²) in [5.41, 5.74) is 0.609. The Hall–Kier alpha value is -2.97. The molecule has 1 aliphatic rings. The van der Waals surface area contributed by atoms with Gasteiger partial charge < -0.3 is 20.0 Å². The van der Waals surface area contributed by atoms with Crippen molar-refractivity contribution in [2.24, 2.45) is 5.92 Å². The largest absolute Gasteiger partial charge is 0.430 e. The van der Waals surface area contributed by atoms with E-state index in [2.05, 4.69) is 39.6 Å². The summed E-state index contributed by atoms with van der Waals surface area (Å²) in [6.07, 6.45) is 6.55. The molecule has 1 fully saturated rings. The van der Waals surface area contributed by atoms with Gasteiger partial charge in [0.2, 0.25) is 17.4 Å². The Morgan fingerprint density at radius 1 is 1.10 bits per heavy atom. The van der Waals surface area contributed by atoms with Crippen molar-refractivity contribution in [3.8, 4) is 0 Å². The third-order valence-electron chi connectivity index (χ3n) is 5.69. The summed E-state index contributed by atoms with van der Waals surface area (Å²) in [7, 11) is 4.13. The SMILES string of the molecule is CN(C)C1CCC(C(=O)Nc2c(C(=O)Nc3ccc(Cl)cn3)oc3ncccc23)CC1. The summed E-state index contributed by atoms with van der Waals surface area (Å²) in [4.78, 5) is 36.4. The van der Waals surface area contributed by atoms with Crippen LogP contribution in [0.25, 0.3) is 11.1 Å². The fourth-order valence-corrected chi connectivity index (χ4v) is 4.03. The number of carbonyl (C=O) groups is 2. The van der Waals surface area contributed by atoms with E-state index in [-0.39, 0.29) is 23.3 Å². The molecule has 3 aromatic heterocycles. The van der Waals surface area contributed by atoms with Crippen LogP contribution in [0.1, 0.15) is 36.2 Å². The van der Waals surface area contributed by atoms with Crippen molar-refractivity contribution in [1.29, 1.82) is 0 Å². The van der Waals surface area contributed by atoms with E-state index in [0.717, 1.165) is 25.7 Å². The highest BCUT2D eigenvalue weighted by Gasteiger charge is 2.30. The maximum atomic E-state index is 13.0. The van der Waals surface area contributed by atoms with Gasteiger partial charge in [-0.1, -0.05) is 11.6 Å². The number of hydrogen-bond acceptors (Lipinski definition) is 6. The maximum Gasteiger partial charge on any atom is 0.294 e.